The molecule has 0 amide bonds. The van der Waals surface area contributed by atoms with Crippen LogP contribution in [0.15, 0.2) is 50.4 Å². The van der Waals surface area contributed by atoms with Crippen molar-refractivity contribution in [1.29, 1.82) is 0 Å². The molecule has 4 heteroatoms. The summed E-state index contributed by atoms with van der Waals surface area (Å²) in [6.45, 7) is 7.41. The third-order valence-corrected chi connectivity index (χ3v) is 4.78. The Balaban J connectivity index is 1.95. The Kier molecular flexibility index (Phi) is 5.35. The average molecular weight is 354 g/mol. The summed E-state index contributed by atoms with van der Waals surface area (Å²) in [7, 11) is 0. The van der Waals surface area contributed by atoms with E-state index in [1.165, 1.54) is 10.5 Å². The van der Waals surface area contributed by atoms with Crippen LogP contribution in [0, 0.1) is 0 Å². The lowest BCUT2D eigenvalue weighted by Gasteiger charge is -2.20. The van der Waals surface area contributed by atoms with Crippen molar-refractivity contribution in [3.8, 4) is 0 Å². The van der Waals surface area contributed by atoms with Gasteiger partial charge in [-0.05, 0) is 66.5 Å². The Hall–Kier alpha value is -0.710. The van der Waals surface area contributed by atoms with E-state index in [9.17, 15) is 0 Å². The third-order valence-electron chi connectivity index (χ3n) is 2.77. The first-order valence-corrected chi connectivity index (χ1v) is 8.40. The van der Waals surface area contributed by atoms with Gasteiger partial charge in [-0.3, -0.25) is 0 Å². The molecule has 1 aromatic carbocycles. The standard InChI is InChI=1S/C16H20BrNOS/c1-16(2,3)18-10-12-6-7-15(14(17)9-12)20-11-13-5-4-8-19-13/h4-9,18H,10-11H2,1-3H3. The summed E-state index contributed by atoms with van der Waals surface area (Å²) in [6.07, 6.45) is 1.71. The molecule has 0 aliphatic rings. The highest BCUT2D eigenvalue weighted by molar-refractivity contribution is 9.10. The molecule has 0 fully saturated rings. The van der Waals surface area contributed by atoms with E-state index in [4.69, 9.17) is 4.42 Å². The van der Waals surface area contributed by atoms with Gasteiger partial charge in [0.05, 0.1) is 12.0 Å². The molecule has 2 rings (SSSR count). The van der Waals surface area contributed by atoms with Gasteiger partial charge in [0.25, 0.3) is 0 Å². The van der Waals surface area contributed by atoms with Crippen LogP contribution in [0.4, 0.5) is 0 Å². The minimum absolute atomic E-state index is 0.138. The highest BCUT2D eigenvalue weighted by Crippen LogP contribution is 2.31. The molecule has 0 radical (unpaired) electrons. The first kappa shape index (κ1) is 15.7. The Morgan fingerprint density at radius 1 is 1.25 bits per heavy atom. The number of thioether (sulfide) groups is 1. The summed E-state index contributed by atoms with van der Waals surface area (Å²) in [5.74, 6) is 1.85. The predicted molar refractivity (Wildman–Crippen MR) is 89.0 cm³/mol. The van der Waals surface area contributed by atoms with Gasteiger partial charge in [0.2, 0.25) is 0 Å². The van der Waals surface area contributed by atoms with Crippen molar-refractivity contribution in [2.75, 3.05) is 0 Å². The van der Waals surface area contributed by atoms with Crippen LogP contribution in [0.3, 0.4) is 0 Å². The van der Waals surface area contributed by atoms with E-state index < -0.39 is 0 Å². The van der Waals surface area contributed by atoms with E-state index in [1.807, 2.05) is 12.1 Å². The maximum absolute atomic E-state index is 5.35. The summed E-state index contributed by atoms with van der Waals surface area (Å²) >= 11 is 5.43. The zero-order chi connectivity index (χ0) is 14.6. The molecule has 1 aromatic heterocycles. The fourth-order valence-electron chi connectivity index (χ4n) is 1.68. The van der Waals surface area contributed by atoms with Gasteiger partial charge in [-0.2, -0.15) is 0 Å². The maximum Gasteiger partial charge on any atom is 0.113 e. The number of rotatable bonds is 5. The van der Waals surface area contributed by atoms with E-state index in [2.05, 4.69) is 60.2 Å². The van der Waals surface area contributed by atoms with Crippen molar-refractivity contribution >= 4 is 27.7 Å². The summed E-state index contributed by atoms with van der Waals surface area (Å²) < 4.78 is 6.49. The minimum Gasteiger partial charge on any atom is -0.468 e. The van der Waals surface area contributed by atoms with Crippen LogP contribution in [0.1, 0.15) is 32.1 Å². The quantitative estimate of drug-likeness (QED) is 0.745. The van der Waals surface area contributed by atoms with Gasteiger partial charge in [0.1, 0.15) is 5.76 Å². The van der Waals surface area contributed by atoms with Crippen molar-refractivity contribution in [2.45, 2.75) is 43.5 Å². The van der Waals surface area contributed by atoms with Crippen molar-refractivity contribution in [1.82, 2.24) is 5.32 Å². The first-order chi connectivity index (χ1) is 9.44. The van der Waals surface area contributed by atoms with Crippen molar-refractivity contribution < 1.29 is 4.42 Å². The predicted octanol–water partition coefficient (Wildman–Crippen LogP) is 5.22. The van der Waals surface area contributed by atoms with Gasteiger partial charge in [-0.15, -0.1) is 11.8 Å². The van der Waals surface area contributed by atoms with E-state index in [0.717, 1.165) is 22.5 Å². The number of nitrogens with one attached hydrogen (secondary N) is 1. The van der Waals surface area contributed by atoms with Crippen LogP contribution in [-0.2, 0) is 12.3 Å². The highest BCUT2D eigenvalue weighted by Gasteiger charge is 2.09. The van der Waals surface area contributed by atoms with E-state index >= 15 is 0 Å². The number of furan rings is 1. The number of hydrogen-bond acceptors (Lipinski definition) is 3. The fourth-order valence-corrected chi connectivity index (χ4v) is 3.27. The normalized spacial score (nSPS) is 11.8. The van der Waals surface area contributed by atoms with Gasteiger partial charge in [0.15, 0.2) is 0 Å². The van der Waals surface area contributed by atoms with Gasteiger partial charge in [0, 0.05) is 21.5 Å². The van der Waals surface area contributed by atoms with Gasteiger partial charge in [-0.25, -0.2) is 0 Å². The van der Waals surface area contributed by atoms with Crippen LogP contribution in [-0.4, -0.2) is 5.54 Å². The second-order valence-electron chi connectivity index (χ2n) is 5.74. The largest absolute Gasteiger partial charge is 0.468 e. The lowest BCUT2D eigenvalue weighted by Crippen LogP contribution is -2.35. The molecular weight excluding hydrogens is 334 g/mol. The van der Waals surface area contributed by atoms with Crippen molar-refractivity contribution in [2.24, 2.45) is 0 Å². The van der Waals surface area contributed by atoms with Gasteiger partial charge in [-0.1, -0.05) is 6.07 Å². The van der Waals surface area contributed by atoms with E-state index in [1.54, 1.807) is 18.0 Å². The minimum atomic E-state index is 0.138. The molecule has 0 spiro atoms. The summed E-state index contributed by atoms with van der Waals surface area (Å²) in [6, 6.07) is 10.4. The second kappa shape index (κ2) is 6.83. The highest BCUT2D eigenvalue weighted by atomic mass is 79.9. The lowest BCUT2D eigenvalue weighted by atomic mass is 10.1. The van der Waals surface area contributed by atoms with Crippen molar-refractivity contribution in [3.63, 3.8) is 0 Å². The topological polar surface area (TPSA) is 25.2 Å². The smallest absolute Gasteiger partial charge is 0.113 e. The Bertz CT molecular complexity index is 546. The first-order valence-electron chi connectivity index (χ1n) is 6.63. The molecule has 0 saturated heterocycles. The number of hydrogen-bond donors (Lipinski definition) is 1. The van der Waals surface area contributed by atoms with E-state index in [0.29, 0.717) is 0 Å². The number of halogens is 1. The molecule has 0 bridgehead atoms. The summed E-state index contributed by atoms with van der Waals surface area (Å²) in [4.78, 5) is 1.24. The zero-order valence-electron chi connectivity index (χ0n) is 12.1. The van der Waals surface area contributed by atoms with Crippen molar-refractivity contribution in [3.05, 3.63) is 52.4 Å². The van der Waals surface area contributed by atoms with E-state index in [-0.39, 0.29) is 5.54 Å². The van der Waals surface area contributed by atoms with Crippen LogP contribution >= 0.6 is 27.7 Å². The molecule has 2 aromatic rings. The summed E-state index contributed by atoms with van der Waals surface area (Å²) in [5, 5.41) is 3.50. The molecule has 1 N–H and O–H groups in total. The molecule has 20 heavy (non-hydrogen) atoms. The SMILES string of the molecule is CC(C)(C)NCc1ccc(SCc2ccco2)c(Br)c1. The van der Waals surface area contributed by atoms with Crippen LogP contribution < -0.4 is 5.32 Å². The Labute approximate surface area is 133 Å². The maximum atomic E-state index is 5.35. The lowest BCUT2D eigenvalue weighted by molar-refractivity contribution is 0.424. The summed E-state index contributed by atoms with van der Waals surface area (Å²) in [5.41, 5.74) is 1.42. The molecule has 0 aliphatic carbocycles. The molecule has 108 valence electrons. The van der Waals surface area contributed by atoms with Crippen LogP contribution in [0.5, 0.6) is 0 Å². The average Bonchev–Trinajstić information content (AvgIpc) is 2.87. The molecule has 0 aliphatic heterocycles. The van der Waals surface area contributed by atoms with Gasteiger partial charge < -0.3 is 9.73 Å². The molecular formula is C16H20BrNOS. The van der Waals surface area contributed by atoms with Crippen LogP contribution in [0.2, 0.25) is 0 Å². The molecule has 0 atom stereocenters. The van der Waals surface area contributed by atoms with Gasteiger partial charge >= 0.3 is 0 Å². The molecule has 0 saturated carbocycles. The Morgan fingerprint density at radius 2 is 2.05 bits per heavy atom. The fraction of sp³-hybridized carbons (Fsp3) is 0.375. The van der Waals surface area contributed by atoms with Crippen LogP contribution in [0.25, 0.3) is 0 Å². The molecule has 2 nitrogen and oxygen atoms in total. The monoisotopic (exact) mass is 353 g/mol. The number of benzene rings is 1. The third kappa shape index (κ3) is 5.00. The molecule has 1 heterocycles. The zero-order valence-corrected chi connectivity index (χ0v) is 14.5. The second-order valence-corrected chi connectivity index (χ2v) is 7.61. The molecule has 0 unspecified atom stereocenters. The Morgan fingerprint density at radius 3 is 2.65 bits per heavy atom.